The number of halogens is 1. The van der Waals surface area contributed by atoms with Gasteiger partial charge in [0.05, 0.1) is 12.8 Å². The van der Waals surface area contributed by atoms with Crippen LogP contribution in [0.2, 0.25) is 0 Å². The van der Waals surface area contributed by atoms with Crippen molar-refractivity contribution >= 4 is 39.0 Å². The highest BCUT2D eigenvalue weighted by molar-refractivity contribution is 9.10. The largest absolute Gasteiger partial charge is 0.466 e. The number of rotatable bonds is 3. The van der Waals surface area contributed by atoms with Gasteiger partial charge in [-0.2, -0.15) is 0 Å². The summed E-state index contributed by atoms with van der Waals surface area (Å²) in [6, 6.07) is 12.0. The van der Waals surface area contributed by atoms with Crippen LogP contribution in [0.25, 0.3) is 28.4 Å². The number of ether oxygens (including phenoxy) is 1. The van der Waals surface area contributed by atoms with Gasteiger partial charge < -0.3 is 9.30 Å². The Hall–Kier alpha value is -2.40. The van der Waals surface area contributed by atoms with Crippen LogP contribution < -0.4 is 0 Å². The number of aromatic nitrogens is 2. The Morgan fingerprint density at radius 1 is 1.26 bits per heavy atom. The summed E-state index contributed by atoms with van der Waals surface area (Å²) in [5, 5.41) is 0.994. The molecule has 1 aromatic carbocycles. The SMILES string of the molecule is COC(=O)C=Cc1c(-c2ccc(Br)cc2)n(C)c2ncccc12. The minimum absolute atomic E-state index is 0.382. The number of carbonyl (C=O) groups is 1. The van der Waals surface area contributed by atoms with E-state index in [-0.39, 0.29) is 5.97 Å². The van der Waals surface area contributed by atoms with E-state index >= 15 is 0 Å². The van der Waals surface area contributed by atoms with Crippen LogP contribution in [0.15, 0.2) is 53.1 Å². The normalized spacial score (nSPS) is 11.3. The molecule has 3 aromatic rings. The average molecular weight is 371 g/mol. The van der Waals surface area contributed by atoms with Gasteiger partial charge in [-0.25, -0.2) is 9.78 Å². The molecule has 0 aliphatic heterocycles. The van der Waals surface area contributed by atoms with Crippen molar-refractivity contribution < 1.29 is 9.53 Å². The quantitative estimate of drug-likeness (QED) is 0.512. The lowest BCUT2D eigenvalue weighted by molar-refractivity contribution is -0.134. The van der Waals surface area contributed by atoms with Crippen molar-refractivity contribution in [3.8, 4) is 11.3 Å². The summed E-state index contributed by atoms with van der Waals surface area (Å²) in [6.07, 6.45) is 4.98. The van der Waals surface area contributed by atoms with Crippen molar-refractivity contribution in [2.45, 2.75) is 0 Å². The second-order valence-corrected chi connectivity index (χ2v) is 5.97. The Morgan fingerprint density at radius 2 is 2.00 bits per heavy atom. The molecule has 0 saturated carbocycles. The third-order valence-electron chi connectivity index (χ3n) is 3.69. The van der Waals surface area contributed by atoms with Crippen LogP contribution in [0, 0.1) is 0 Å². The summed E-state index contributed by atoms with van der Waals surface area (Å²) in [7, 11) is 3.34. The first-order valence-corrected chi connectivity index (χ1v) is 7.86. The number of aryl methyl sites for hydroxylation is 1. The Labute approximate surface area is 142 Å². The summed E-state index contributed by atoms with van der Waals surface area (Å²) in [5.74, 6) is -0.382. The van der Waals surface area contributed by atoms with Gasteiger partial charge in [0.25, 0.3) is 0 Å². The third kappa shape index (κ3) is 2.92. The molecule has 3 rings (SSSR count). The standard InChI is InChI=1S/C18H15BrN2O2/c1-21-17(12-5-7-13(19)8-6-12)14(9-10-16(22)23-2)15-4-3-11-20-18(15)21/h3-11H,1-2H3. The Bertz CT molecular complexity index is 895. The van der Waals surface area contributed by atoms with E-state index in [4.69, 9.17) is 4.74 Å². The van der Waals surface area contributed by atoms with Crippen molar-refractivity contribution in [1.82, 2.24) is 9.55 Å². The van der Waals surface area contributed by atoms with Crippen molar-refractivity contribution in [3.05, 3.63) is 58.7 Å². The number of nitrogens with zero attached hydrogens (tertiary/aromatic N) is 2. The smallest absolute Gasteiger partial charge is 0.330 e. The zero-order valence-electron chi connectivity index (χ0n) is 12.8. The lowest BCUT2D eigenvalue weighted by Gasteiger charge is -2.06. The minimum atomic E-state index is -0.382. The van der Waals surface area contributed by atoms with Gasteiger partial charge in [-0.15, -0.1) is 0 Å². The summed E-state index contributed by atoms with van der Waals surface area (Å²) < 4.78 is 7.75. The Morgan fingerprint density at radius 3 is 2.70 bits per heavy atom. The first-order chi connectivity index (χ1) is 11.1. The molecule has 5 heteroatoms. The van der Waals surface area contributed by atoms with Crippen LogP contribution in [0.4, 0.5) is 0 Å². The van der Waals surface area contributed by atoms with Crippen molar-refractivity contribution in [1.29, 1.82) is 0 Å². The molecule has 0 unspecified atom stereocenters. The highest BCUT2D eigenvalue weighted by Crippen LogP contribution is 2.33. The molecule has 2 aromatic heterocycles. The molecular weight excluding hydrogens is 356 g/mol. The van der Waals surface area contributed by atoms with Crippen LogP contribution in [0.3, 0.4) is 0 Å². The van der Waals surface area contributed by atoms with Gasteiger partial charge in [0.2, 0.25) is 0 Å². The summed E-state index contributed by atoms with van der Waals surface area (Å²) in [5.41, 5.74) is 3.88. The van der Waals surface area contributed by atoms with Gasteiger partial charge in [0.15, 0.2) is 0 Å². The fourth-order valence-corrected chi connectivity index (χ4v) is 2.90. The van der Waals surface area contributed by atoms with Crippen LogP contribution in [-0.2, 0) is 16.6 Å². The predicted octanol–water partition coefficient (Wildman–Crippen LogP) is 4.19. The van der Waals surface area contributed by atoms with Gasteiger partial charge in [0.1, 0.15) is 5.65 Å². The van der Waals surface area contributed by atoms with Crippen LogP contribution in [0.5, 0.6) is 0 Å². The molecule has 0 saturated heterocycles. The molecule has 0 radical (unpaired) electrons. The number of esters is 1. The zero-order valence-corrected chi connectivity index (χ0v) is 14.4. The molecule has 116 valence electrons. The number of methoxy groups -OCH3 is 1. The fraction of sp³-hybridized carbons (Fsp3) is 0.111. The molecule has 0 aliphatic rings. The molecule has 2 heterocycles. The van der Waals surface area contributed by atoms with Gasteiger partial charge in [-0.3, -0.25) is 0 Å². The van der Waals surface area contributed by atoms with Crippen molar-refractivity contribution in [3.63, 3.8) is 0 Å². The van der Waals surface area contributed by atoms with Crippen molar-refractivity contribution in [2.24, 2.45) is 7.05 Å². The van der Waals surface area contributed by atoms with E-state index in [1.54, 1.807) is 12.3 Å². The van der Waals surface area contributed by atoms with Gasteiger partial charge in [-0.1, -0.05) is 28.1 Å². The Kier molecular flexibility index (Phi) is 4.30. The number of benzene rings is 1. The van der Waals surface area contributed by atoms with Gasteiger partial charge >= 0.3 is 5.97 Å². The topological polar surface area (TPSA) is 44.1 Å². The van der Waals surface area contributed by atoms with E-state index in [2.05, 4.69) is 20.9 Å². The van der Waals surface area contributed by atoms with E-state index in [1.807, 2.05) is 48.0 Å². The first-order valence-electron chi connectivity index (χ1n) is 7.07. The zero-order chi connectivity index (χ0) is 16.4. The van der Waals surface area contributed by atoms with Gasteiger partial charge in [0, 0.05) is 34.7 Å². The second kappa shape index (κ2) is 6.38. The van der Waals surface area contributed by atoms with Gasteiger partial charge in [-0.05, 0) is 35.9 Å². The van der Waals surface area contributed by atoms with Crippen LogP contribution >= 0.6 is 15.9 Å². The summed E-state index contributed by atoms with van der Waals surface area (Å²) >= 11 is 3.45. The number of hydrogen-bond donors (Lipinski definition) is 0. The first kappa shape index (κ1) is 15.5. The van der Waals surface area contributed by atoms with E-state index in [0.29, 0.717) is 0 Å². The average Bonchev–Trinajstić information content (AvgIpc) is 2.86. The number of fused-ring (bicyclic) bond motifs is 1. The Balaban J connectivity index is 2.26. The van der Waals surface area contributed by atoms with E-state index in [0.717, 1.165) is 32.3 Å². The van der Waals surface area contributed by atoms with Crippen LogP contribution in [-0.4, -0.2) is 22.6 Å². The number of pyridine rings is 1. The maximum atomic E-state index is 11.5. The fourth-order valence-electron chi connectivity index (χ4n) is 2.63. The maximum absolute atomic E-state index is 11.5. The lowest BCUT2D eigenvalue weighted by atomic mass is 10.1. The monoisotopic (exact) mass is 370 g/mol. The molecular formula is C18H15BrN2O2. The molecule has 0 fully saturated rings. The molecule has 0 amide bonds. The molecule has 0 atom stereocenters. The molecule has 0 spiro atoms. The van der Waals surface area contributed by atoms with Crippen LogP contribution in [0.1, 0.15) is 5.56 Å². The second-order valence-electron chi connectivity index (χ2n) is 5.06. The number of hydrogen-bond acceptors (Lipinski definition) is 3. The van der Waals surface area contributed by atoms with E-state index in [9.17, 15) is 4.79 Å². The highest BCUT2D eigenvalue weighted by Gasteiger charge is 2.15. The molecule has 0 bridgehead atoms. The highest BCUT2D eigenvalue weighted by atomic mass is 79.9. The molecule has 4 nitrogen and oxygen atoms in total. The number of carbonyl (C=O) groups excluding carboxylic acids is 1. The lowest BCUT2D eigenvalue weighted by Crippen LogP contribution is -1.95. The van der Waals surface area contributed by atoms with E-state index in [1.165, 1.54) is 13.2 Å². The summed E-state index contributed by atoms with van der Waals surface area (Å²) in [4.78, 5) is 15.9. The molecule has 0 N–H and O–H groups in total. The minimum Gasteiger partial charge on any atom is -0.466 e. The maximum Gasteiger partial charge on any atom is 0.330 e. The third-order valence-corrected chi connectivity index (χ3v) is 4.22. The molecule has 23 heavy (non-hydrogen) atoms. The predicted molar refractivity (Wildman–Crippen MR) is 94.9 cm³/mol. The van der Waals surface area contributed by atoms with Crippen molar-refractivity contribution in [2.75, 3.05) is 7.11 Å². The summed E-state index contributed by atoms with van der Waals surface area (Å²) in [6.45, 7) is 0. The molecule has 0 aliphatic carbocycles. The van der Waals surface area contributed by atoms with E-state index < -0.39 is 0 Å².